The molecular weight excluding hydrogens is 418 g/mol. The van der Waals surface area contributed by atoms with E-state index in [0.29, 0.717) is 37.0 Å². The molecule has 0 aromatic heterocycles. The normalized spacial score (nSPS) is 23.2. The molecule has 1 amide bonds. The van der Waals surface area contributed by atoms with Gasteiger partial charge in [-0.05, 0) is 61.6 Å². The minimum atomic E-state index is -0.467. The summed E-state index contributed by atoms with van der Waals surface area (Å²) in [4.78, 5) is 17.1. The predicted octanol–water partition coefficient (Wildman–Crippen LogP) is 3.17. The second-order valence-corrected chi connectivity index (χ2v) is 9.26. The maximum atomic E-state index is 13.0. The molecule has 33 heavy (non-hydrogen) atoms. The van der Waals surface area contributed by atoms with E-state index < -0.39 is 6.10 Å². The fraction of sp³-hybridized carbons (Fsp3) is 0.500. The topological polar surface area (TPSA) is 77.3 Å². The van der Waals surface area contributed by atoms with Crippen molar-refractivity contribution in [1.82, 2.24) is 4.90 Å². The molecule has 2 N–H and O–H groups in total. The first kappa shape index (κ1) is 22.0. The van der Waals surface area contributed by atoms with Crippen LogP contribution < -0.4 is 24.8 Å². The Bertz CT molecular complexity index is 976. The Hall–Kier alpha value is -2.77. The van der Waals surface area contributed by atoms with E-state index in [-0.39, 0.29) is 11.9 Å². The van der Waals surface area contributed by atoms with Crippen molar-refractivity contribution in [2.45, 2.75) is 43.7 Å². The summed E-state index contributed by atoms with van der Waals surface area (Å²) in [7, 11) is 1.62. The van der Waals surface area contributed by atoms with Crippen LogP contribution in [0.25, 0.3) is 0 Å². The number of hydrogen-bond donors (Lipinski definition) is 1. The zero-order chi connectivity index (χ0) is 22.8. The number of rotatable bonds is 9. The van der Waals surface area contributed by atoms with E-state index in [0.717, 1.165) is 37.5 Å². The van der Waals surface area contributed by atoms with Gasteiger partial charge in [-0.3, -0.25) is 9.69 Å². The molecule has 0 bridgehead atoms. The molecule has 176 valence electrons. The van der Waals surface area contributed by atoms with E-state index in [4.69, 9.17) is 19.9 Å². The van der Waals surface area contributed by atoms with E-state index in [9.17, 15) is 4.79 Å². The van der Waals surface area contributed by atoms with Gasteiger partial charge >= 0.3 is 0 Å². The third-order valence-electron chi connectivity index (χ3n) is 6.80. The van der Waals surface area contributed by atoms with Crippen LogP contribution in [0.3, 0.4) is 0 Å². The van der Waals surface area contributed by atoms with Gasteiger partial charge in [0.2, 0.25) is 0 Å². The molecule has 0 unspecified atom stereocenters. The van der Waals surface area contributed by atoms with Crippen molar-refractivity contribution < 1.29 is 19.0 Å². The summed E-state index contributed by atoms with van der Waals surface area (Å²) in [6, 6.07) is 14.1. The molecule has 0 radical (unpaired) electrons. The Morgan fingerprint density at radius 2 is 1.82 bits per heavy atom. The average molecular weight is 452 g/mol. The maximum Gasteiger partial charge on any atom is 0.268 e. The van der Waals surface area contributed by atoms with Gasteiger partial charge in [0.15, 0.2) is 17.6 Å². The second-order valence-electron chi connectivity index (χ2n) is 9.26. The second kappa shape index (κ2) is 9.61. The number of anilines is 1. The van der Waals surface area contributed by atoms with Gasteiger partial charge in [-0.2, -0.15) is 0 Å². The Morgan fingerprint density at radius 3 is 2.52 bits per heavy atom. The van der Waals surface area contributed by atoms with Crippen molar-refractivity contribution in [1.29, 1.82) is 0 Å². The summed E-state index contributed by atoms with van der Waals surface area (Å²) in [5.41, 5.74) is 8.13. The first-order chi connectivity index (χ1) is 16.1. The SMILES string of the molecule is COc1cc(N2CC[C@H](Oc3ccc(C4CC4)cc3)C2=O)ccc1OCCN1CC[C@@H](N)C1. The standard InChI is InChI=1S/C26H33N3O4/c1-31-25-16-21(6-9-23(25)32-15-14-28-12-10-20(27)17-28)29-13-11-24(26(29)30)33-22-7-4-19(5-8-22)18-2-3-18/h4-9,16,18,20,24H,2-3,10-15,17,27H2,1H3/t20-,24+/m1/s1. The minimum absolute atomic E-state index is 0.0256. The highest BCUT2D eigenvalue weighted by Gasteiger charge is 2.35. The smallest absolute Gasteiger partial charge is 0.268 e. The van der Waals surface area contributed by atoms with Gasteiger partial charge in [-0.1, -0.05) is 12.1 Å². The van der Waals surface area contributed by atoms with Crippen LogP contribution in [-0.4, -0.2) is 62.8 Å². The summed E-state index contributed by atoms with van der Waals surface area (Å²) < 4.78 is 17.5. The lowest BCUT2D eigenvalue weighted by Crippen LogP contribution is -2.32. The molecule has 0 spiro atoms. The number of ether oxygens (including phenoxy) is 3. The van der Waals surface area contributed by atoms with E-state index in [1.165, 1.54) is 18.4 Å². The van der Waals surface area contributed by atoms with Crippen LogP contribution in [-0.2, 0) is 4.79 Å². The number of nitrogens with two attached hydrogens (primary N) is 1. The van der Waals surface area contributed by atoms with Crippen molar-refractivity contribution in [2.75, 3.05) is 44.8 Å². The van der Waals surface area contributed by atoms with Crippen LogP contribution in [0.5, 0.6) is 17.2 Å². The first-order valence-corrected chi connectivity index (χ1v) is 12.0. The quantitative estimate of drug-likeness (QED) is 0.631. The molecule has 2 aromatic carbocycles. The maximum absolute atomic E-state index is 13.0. The van der Waals surface area contributed by atoms with Crippen LogP contribution in [0.4, 0.5) is 5.69 Å². The Kier molecular flexibility index (Phi) is 6.42. The molecule has 7 nitrogen and oxygen atoms in total. The lowest BCUT2D eigenvalue weighted by Gasteiger charge is -2.20. The Balaban J connectivity index is 1.18. The highest BCUT2D eigenvalue weighted by atomic mass is 16.5. The van der Waals surface area contributed by atoms with Gasteiger partial charge in [0.05, 0.1) is 7.11 Å². The fourth-order valence-corrected chi connectivity index (χ4v) is 4.71. The third-order valence-corrected chi connectivity index (χ3v) is 6.80. The van der Waals surface area contributed by atoms with Crippen LogP contribution in [0, 0.1) is 0 Å². The molecule has 2 aliphatic heterocycles. The van der Waals surface area contributed by atoms with Crippen molar-refractivity contribution in [3.63, 3.8) is 0 Å². The number of carbonyl (C=O) groups excluding carboxylic acids is 1. The Labute approximate surface area is 195 Å². The van der Waals surface area contributed by atoms with Gasteiger partial charge in [0.25, 0.3) is 5.91 Å². The van der Waals surface area contributed by atoms with E-state index in [1.54, 1.807) is 12.0 Å². The van der Waals surface area contributed by atoms with Crippen molar-refractivity contribution >= 4 is 11.6 Å². The average Bonchev–Trinajstić information content (AvgIpc) is 3.51. The van der Waals surface area contributed by atoms with Gasteiger partial charge in [-0.15, -0.1) is 0 Å². The van der Waals surface area contributed by atoms with Crippen LogP contribution in [0.1, 0.15) is 37.2 Å². The molecule has 1 aliphatic carbocycles. The molecule has 2 aromatic rings. The van der Waals surface area contributed by atoms with Crippen molar-refractivity contribution in [3.05, 3.63) is 48.0 Å². The zero-order valence-corrected chi connectivity index (χ0v) is 19.2. The predicted molar refractivity (Wildman–Crippen MR) is 127 cm³/mol. The molecule has 2 heterocycles. The monoisotopic (exact) mass is 451 g/mol. The Morgan fingerprint density at radius 1 is 1.00 bits per heavy atom. The summed E-state index contributed by atoms with van der Waals surface area (Å²) in [5.74, 6) is 2.74. The minimum Gasteiger partial charge on any atom is -0.493 e. The summed E-state index contributed by atoms with van der Waals surface area (Å²) in [6.45, 7) is 3.96. The number of benzene rings is 2. The number of carbonyl (C=O) groups is 1. The number of amides is 1. The first-order valence-electron chi connectivity index (χ1n) is 12.0. The summed E-state index contributed by atoms with van der Waals surface area (Å²) >= 11 is 0. The van der Waals surface area contributed by atoms with Crippen LogP contribution in [0.15, 0.2) is 42.5 Å². The van der Waals surface area contributed by atoms with Crippen molar-refractivity contribution in [2.24, 2.45) is 5.73 Å². The molecule has 5 rings (SSSR count). The number of hydrogen-bond acceptors (Lipinski definition) is 6. The molecule has 3 aliphatic rings. The largest absolute Gasteiger partial charge is 0.493 e. The van der Waals surface area contributed by atoms with Gasteiger partial charge in [0, 0.05) is 43.9 Å². The highest BCUT2D eigenvalue weighted by molar-refractivity contribution is 5.99. The zero-order valence-electron chi connectivity index (χ0n) is 19.2. The van der Waals surface area contributed by atoms with Crippen LogP contribution in [0.2, 0.25) is 0 Å². The van der Waals surface area contributed by atoms with E-state index in [2.05, 4.69) is 17.0 Å². The molecule has 2 saturated heterocycles. The number of nitrogens with zero attached hydrogens (tertiary/aromatic N) is 2. The van der Waals surface area contributed by atoms with Gasteiger partial charge in [0.1, 0.15) is 12.4 Å². The summed E-state index contributed by atoms with van der Waals surface area (Å²) in [5, 5.41) is 0. The highest BCUT2D eigenvalue weighted by Crippen LogP contribution is 2.40. The number of methoxy groups -OCH3 is 1. The lowest BCUT2D eigenvalue weighted by molar-refractivity contribution is -0.122. The molecule has 3 fully saturated rings. The molecule has 2 atom stereocenters. The summed E-state index contributed by atoms with van der Waals surface area (Å²) in [6.07, 6.45) is 3.78. The van der Waals surface area contributed by atoms with E-state index >= 15 is 0 Å². The van der Waals surface area contributed by atoms with E-state index in [1.807, 2.05) is 30.3 Å². The molecule has 1 saturated carbocycles. The van der Waals surface area contributed by atoms with Crippen LogP contribution >= 0.6 is 0 Å². The molecular formula is C26H33N3O4. The lowest BCUT2D eigenvalue weighted by atomic mass is 10.1. The molecule has 7 heteroatoms. The van der Waals surface area contributed by atoms with Crippen molar-refractivity contribution in [3.8, 4) is 17.2 Å². The fourth-order valence-electron chi connectivity index (χ4n) is 4.71. The van der Waals surface area contributed by atoms with Gasteiger partial charge < -0.3 is 24.8 Å². The third kappa shape index (κ3) is 5.09. The number of likely N-dealkylation sites (tertiary alicyclic amines) is 1. The van der Waals surface area contributed by atoms with Gasteiger partial charge in [-0.25, -0.2) is 0 Å².